The van der Waals surface area contributed by atoms with E-state index in [2.05, 4.69) is 0 Å². The molecule has 1 unspecified atom stereocenters. The first-order valence-electron chi connectivity index (χ1n) is 4.29. The summed E-state index contributed by atoms with van der Waals surface area (Å²) in [5.74, 6) is 0. The molecule has 1 amide bonds. The molecule has 1 rings (SSSR count). The highest BCUT2D eigenvalue weighted by molar-refractivity contribution is 5.50. The zero-order chi connectivity index (χ0) is 9.19. The van der Waals surface area contributed by atoms with Crippen LogP contribution in [-0.2, 0) is 4.79 Å². The minimum atomic E-state index is -0.823. The van der Waals surface area contributed by atoms with E-state index in [4.69, 9.17) is 5.73 Å². The number of hydrogen-bond donors (Lipinski definition) is 2. The largest absolute Gasteiger partial charge is 0.385 e. The quantitative estimate of drug-likeness (QED) is 0.552. The fraction of sp³-hybridized carbons (Fsp3) is 0.875. The van der Waals surface area contributed by atoms with E-state index >= 15 is 0 Å². The molecule has 1 fully saturated rings. The van der Waals surface area contributed by atoms with Gasteiger partial charge in [-0.25, -0.2) is 0 Å². The van der Waals surface area contributed by atoms with Crippen molar-refractivity contribution >= 4 is 6.41 Å². The molecule has 12 heavy (non-hydrogen) atoms. The van der Waals surface area contributed by atoms with Gasteiger partial charge < -0.3 is 15.7 Å². The Morgan fingerprint density at radius 1 is 1.75 bits per heavy atom. The van der Waals surface area contributed by atoms with E-state index < -0.39 is 5.60 Å². The summed E-state index contributed by atoms with van der Waals surface area (Å²) >= 11 is 0. The maximum Gasteiger partial charge on any atom is 0.209 e. The van der Waals surface area contributed by atoms with E-state index in [0.29, 0.717) is 13.1 Å². The summed E-state index contributed by atoms with van der Waals surface area (Å²) in [5, 5.41) is 9.79. The molecule has 0 saturated carbocycles. The number of rotatable bonds is 4. The van der Waals surface area contributed by atoms with Crippen molar-refractivity contribution in [1.82, 2.24) is 4.90 Å². The summed E-state index contributed by atoms with van der Waals surface area (Å²) < 4.78 is 0. The zero-order valence-electron chi connectivity index (χ0n) is 7.36. The van der Waals surface area contributed by atoms with Gasteiger partial charge in [0.2, 0.25) is 6.41 Å². The van der Waals surface area contributed by atoms with Crippen LogP contribution < -0.4 is 5.73 Å². The van der Waals surface area contributed by atoms with Crippen LogP contribution >= 0.6 is 0 Å². The molecule has 1 atom stereocenters. The molecule has 70 valence electrons. The Morgan fingerprint density at radius 3 is 2.75 bits per heavy atom. The van der Waals surface area contributed by atoms with Gasteiger partial charge in [-0.15, -0.1) is 0 Å². The van der Waals surface area contributed by atoms with Crippen LogP contribution in [0, 0.1) is 0 Å². The second-order valence-corrected chi connectivity index (χ2v) is 3.51. The molecule has 0 aromatic heterocycles. The number of aliphatic hydroxyl groups is 1. The van der Waals surface area contributed by atoms with Crippen LogP contribution in [0.5, 0.6) is 0 Å². The smallest absolute Gasteiger partial charge is 0.209 e. The Kier molecular flexibility index (Phi) is 2.69. The molecule has 0 radical (unpaired) electrons. The first-order chi connectivity index (χ1) is 5.62. The second-order valence-electron chi connectivity index (χ2n) is 3.51. The molecule has 4 nitrogen and oxygen atoms in total. The zero-order valence-corrected chi connectivity index (χ0v) is 7.36. The van der Waals surface area contributed by atoms with Gasteiger partial charge in [-0.3, -0.25) is 4.79 Å². The van der Waals surface area contributed by atoms with Crippen molar-refractivity contribution in [3.8, 4) is 0 Å². The van der Waals surface area contributed by atoms with Crippen LogP contribution in [0.1, 0.15) is 19.8 Å². The van der Waals surface area contributed by atoms with Crippen molar-refractivity contribution in [3.63, 3.8) is 0 Å². The van der Waals surface area contributed by atoms with Gasteiger partial charge in [-0.2, -0.15) is 0 Å². The molecule has 0 spiro atoms. The molecule has 0 aliphatic carbocycles. The standard InChI is InChI=1S/C8H16N2O2/c1-2-3-7(9)8(12)4-10(5-8)6-11/h6-7,12H,2-5,9H2,1H3. The molecule has 0 bridgehead atoms. The molecule has 1 heterocycles. The van der Waals surface area contributed by atoms with Crippen LogP contribution in [-0.4, -0.2) is 41.1 Å². The molecule has 1 saturated heterocycles. The minimum Gasteiger partial charge on any atom is -0.385 e. The van der Waals surface area contributed by atoms with Crippen molar-refractivity contribution in [1.29, 1.82) is 0 Å². The van der Waals surface area contributed by atoms with Gasteiger partial charge >= 0.3 is 0 Å². The summed E-state index contributed by atoms with van der Waals surface area (Å²) in [6, 6.07) is -0.196. The predicted octanol–water partition coefficient (Wildman–Crippen LogP) is -0.683. The Bertz CT molecular complexity index is 166. The topological polar surface area (TPSA) is 66.6 Å². The lowest BCUT2D eigenvalue weighted by molar-refractivity contribution is -0.146. The molecular formula is C8H16N2O2. The van der Waals surface area contributed by atoms with Gasteiger partial charge in [0.05, 0.1) is 13.1 Å². The van der Waals surface area contributed by atoms with Crippen molar-refractivity contribution in [2.45, 2.75) is 31.4 Å². The monoisotopic (exact) mass is 172 g/mol. The third-order valence-electron chi connectivity index (χ3n) is 2.39. The first kappa shape index (κ1) is 9.48. The number of nitrogens with two attached hydrogens (primary N) is 1. The maximum atomic E-state index is 10.2. The lowest BCUT2D eigenvalue weighted by Crippen LogP contribution is -2.69. The minimum absolute atomic E-state index is 0.196. The summed E-state index contributed by atoms with van der Waals surface area (Å²) in [4.78, 5) is 11.8. The normalized spacial score (nSPS) is 23.1. The molecule has 3 N–H and O–H groups in total. The fourth-order valence-corrected chi connectivity index (χ4v) is 1.55. The maximum absolute atomic E-state index is 10.2. The number of likely N-dealkylation sites (tertiary alicyclic amines) is 1. The Labute approximate surface area is 72.3 Å². The lowest BCUT2D eigenvalue weighted by Gasteiger charge is -2.47. The van der Waals surface area contributed by atoms with Gasteiger partial charge in [0, 0.05) is 6.04 Å². The van der Waals surface area contributed by atoms with E-state index in [1.54, 1.807) is 0 Å². The molecule has 1 aliphatic rings. The highest BCUT2D eigenvalue weighted by Crippen LogP contribution is 2.24. The average Bonchev–Trinajstić information content (AvgIpc) is 1.99. The third kappa shape index (κ3) is 1.59. The first-order valence-corrected chi connectivity index (χ1v) is 4.29. The number of nitrogens with zero attached hydrogens (tertiary/aromatic N) is 1. The van der Waals surface area contributed by atoms with Gasteiger partial charge in [0.25, 0.3) is 0 Å². The number of β-amino-alcohol motifs (C(OH)–C–C–N with tert-alkyl or cyclic N) is 1. The van der Waals surface area contributed by atoms with Gasteiger partial charge in [-0.1, -0.05) is 13.3 Å². The molecule has 0 aromatic carbocycles. The van der Waals surface area contributed by atoms with Crippen molar-refractivity contribution in [2.24, 2.45) is 5.73 Å². The summed E-state index contributed by atoms with van der Waals surface area (Å²) in [6.07, 6.45) is 2.51. The summed E-state index contributed by atoms with van der Waals surface area (Å²) in [7, 11) is 0. The van der Waals surface area contributed by atoms with Crippen LogP contribution in [0.4, 0.5) is 0 Å². The Hall–Kier alpha value is -0.610. The van der Waals surface area contributed by atoms with Crippen LogP contribution in [0.3, 0.4) is 0 Å². The molecule has 1 aliphatic heterocycles. The highest BCUT2D eigenvalue weighted by atomic mass is 16.3. The second kappa shape index (κ2) is 3.41. The number of carbonyl (C=O) groups is 1. The van der Waals surface area contributed by atoms with Crippen molar-refractivity contribution in [2.75, 3.05) is 13.1 Å². The van der Waals surface area contributed by atoms with Gasteiger partial charge in [0.1, 0.15) is 5.60 Å². The lowest BCUT2D eigenvalue weighted by atomic mass is 9.85. The number of amides is 1. The van der Waals surface area contributed by atoms with Gasteiger partial charge in [-0.05, 0) is 6.42 Å². The number of hydrogen-bond acceptors (Lipinski definition) is 3. The fourth-order valence-electron chi connectivity index (χ4n) is 1.55. The average molecular weight is 172 g/mol. The van der Waals surface area contributed by atoms with Crippen molar-refractivity contribution < 1.29 is 9.90 Å². The summed E-state index contributed by atoms with van der Waals surface area (Å²) in [5.41, 5.74) is 4.93. The SMILES string of the molecule is CCCC(N)C1(O)CN(C=O)C1. The van der Waals surface area contributed by atoms with Crippen LogP contribution in [0.25, 0.3) is 0 Å². The van der Waals surface area contributed by atoms with E-state index in [0.717, 1.165) is 19.3 Å². The Balaban J connectivity index is 2.37. The van der Waals surface area contributed by atoms with E-state index in [1.165, 1.54) is 4.90 Å². The number of carbonyl (C=O) groups excluding carboxylic acids is 1. The van der Waals surface area contributed by atoms with E-state index in [-0.39, 0.29) is 6.04 Å². The van der Waals surface area contributed by atoms with E-state index in [9.17, 15) is 9.90 Å². The van der Waals surface area contributed by atoms with E-state index in [1.807, 2.05) is 6.92 Å². The van der Waals surface area contributed by atoms with Crippen LogP contribution in [0.15, 0.2) is 0 Å². The van der Waals surface area contributed by atoms with Gasteiger partial charge in [0.15, 0.2) is 0 Å². The van der Waals surface area contributed by atoms with Crippen molar-refractivity contribution in [3.05, 3.63) is 0 Å². The molecule has 0 aromatic rings. The van der Waals surface area contributed by atoms with Crippen LogP contribution in [0.2, 0.25) is 0 Å². The highest BCUT2D eigenvalue weighted by Gasteiger charge is 2.44. The summed E-state index contributed by atoms with van der Waals surface area (Å²) in [6.45, 7) is 2.80. The molecular weight excluding hydrogens is 156 g/mol. The Morgan fingerprint density at radius 2 is 2.33 bits per heavy atom. The predicted molar refractivity (Wildman–Crippen MR) is 45.5 cm³/mol. The third-order valence-corrected chi connectivity index (χ3v) is 2.39. The molecule has 4 heteroatoms.